The maximum atomic E-state index is 10.2. The van der Waals surface area contributed by atoms with E-state index < -0.39 is 5.72 Å². The smallest absolute Gasteiger partial charge is 0.138 e. The van der Waals surface area contributed by atoms with Gasteiger partial charge < -0.3 is 5.11 Å². The van der Waals surface area contributed by atoms with Gasteiger partial charge in [-0.05, 0) is 19.1 Å². The van der Waals surface area contributed by atoms with E-state index in [0.29, 0.717) is 0 Å². The predicted molar refractivity (Wildman–Crippen MR) is 73.0 cm³/mol. The van der Waals surface area contributed by atoms with Crippen molar-refractivity contribution < 1.29 is 5.11 Å². The molecule has 0 saturated carbocycles. The molecule has 3 N–H and O–H groups in total. The minimum Gasteiger partial charge on any atom is -0.372 e. The molecule has 2 aromatic carbocycles. The second-order valence-electron chi connectivity index (χ2n) is 4.67. The molecule has 0 aliphatic rings. The van der Waals surface area contributed by atoms with Gasteiger partial charge in [-0.2, -0.15) is 0 Å². The SMILES string of the molecule is CC(N)(O)c1c2ccccc2nc2ccccc12. The van der Waals surface area contributed by atoms with Gasteiger partial charge >= 0.3 is 0 Å². The molecular formula is C15H14N2O. The zero-order chi connectivity index (χ0) is 12.8. The van der Waals surface area contributed by atoms with Crippen molar-refractivity contribution in [3.63, 3.8) is 0 Å². The van der Waals surface area contributed by atoms with Crippen LogP contribution in [0.4, 0.5) is 0 Å². The Labute approximate surface area is 105 Å². The maximum absolute atomic E-state index is 10.2. The van der Waals surface area contributed by atoms with Gasteiger partial charge in [0, 0.05) is 16.3 Å². The largest absolute Gasteiger partial charge is 0.372 e. The van der Waals surface area contributed by atoms with Crippen LogP contribution in [-0.4, -0.2) is 10.1 Å². The van der Waals surface area contributed by atoms with Crippen LogP contribution >= 0.6 is 0 Å². The molecule has 0 saturated heterocycles. The summed E-state index contributed by atoms with van der Waals surface area (Å²) in [5, 5.41) is 12.0. The molecule has 1 unspecified atom stereocenters. The maximum Gasteiger partial charge on any atom is 0.138 e. The third-order valence-electron chi connectivity index (χ3n) is 3.09. The molecule has 3 heteroatoms. The van der Waals surface area contributed by atoms with E-state index in [0.717, 1.165) is 27.4 Å². The summed E-state index contributed by atoms with van der Waals surface area (Å²) in [7, 11) is 0. The quantitative estimate of drug-likeness (QED) is 0.506. The van der Waals surface area contributed by atoms with Crippen LogP contribution in [0.2, 0.25) is 0 Å². The topological polar surface area (TPSA) is 59.1 Å². The highest BCUT2D eigenvalue weighted by Gasteiger charge is 2.23. The summed E-state index contributed by atoms with van der Waals surface area (Å²) >= 11 is 0. The van der Waals surface area contributed by atoms with E-state index in [1.807, 2.05) is 48.5 Å². The number of rotatable bonds is 1. The van der Waals surface area contributed by atoms with Gasteiger partial charge in [0.1, 0.15) is 5.72 Å². The first-order valence-corrected chi connectivity index (χ1v) is 5.86. The summed E-state index contributed by atoms with van der Waals surface area (Å²) in [5.41, 5.74) is 6.94. The Hall–Kier alpha value is -1.97. The van der Waals surface area contributed by atoms with Gasteiger partial charge in [-0.15, -0.1) is 0 Å². The fourth-order valence-corrected chi connectivity index (χ4v) is 2.39. The van der Waals surface area contributed by atoms with Crippen molar-refractivity contribution in [1.29, 1.82) is 0 Å². The number of nitrogens with two attached hydrogens (primary N) is 1. The van der Waals surface area contributed by atoms with Gasteiger partial charge in [0.25, 0.3) is 0 Å². The van der Waals surface area contributed by atoms with Crippen LogP contribution in [-0.2, 0) is 5.72 Å². The van der Waals surface area contributed by atoms with Crippen LogP contribution in [0, 0.1) is 0 Å². The van der Waals surface area contributed by atoms with Crippen molar-refractivity contribution in [2.75, 3.05) is 0 Å². The summed E-state index contributed by atoms with van der Waals surface area (Å²) in [6, 6.07) is 15.4. The van der Waals surface area contributed by atoms with E-state index in [-0.39, 0.29) is 0 Å². The number of nitrogens with zero attached hydrogens (tertiary/aromatic N) is 1. The van der Waals surface area contributed by atoms with E-state index in [4.69, 9.17) is 5.73 Å². The first kappa shape index (κ1) is 11.1. The predicted octanol–water partition coefficient (Wildman–Crippen LogP) is 2.51. The second-order valence-corrected chi connectivity index (χ2v) is 4.67. The van der Waals surface area contributed by atoms with Gasteiger partial charge in [-0.3, -0.25) is 5.73 Å². The lowest BCUT2D eigenvalue weighted by atomic mass is 9.95. The molecule has 3 aromatic rings. The molecule has 1 aromatic heterocycles. The summed E-state index contributed by atoms with van der Waals surface area (Å²) in [5.74, 6) is 0. The van der Waals surface area contributed by atoms with E-state index in [1.165, 1.54) is 0 Å². The highest BCUT2D eigenvalue weighted by molar-refractivity contribution is 5.98. The molecule has 1 atom stereocenters. The van der Waals surface area contributed by atoms with E-state index in [1.54, 1.807) is 6.92 Å². The molecule has 0 spiro atoms. The Balaban J connectivity index is 2.58. The van der Waals surface area contributed by atoms with Crippen LogP contribution in [0.15, 0.2) is 48.5 Å². The van der Waals surface area contributed by atoms with Crippen LogP contribution in [0.25, 0.3) is 21.8 Å². The van der Waals surface area contributed by atoms with E-state index >= 15 is 0 Å². The Morgan fingerprint density at radius 1 is 0.944 bits per heavy atom. The molecule has 90 valence electrons. The number of pyridine rings is 1. The lowest BCUT2D eigenvalue weighted by molar-refractivity contribution is 0.0678. The number of hydrogen-bond donors (Lipinski definition) is 2. The van der Waals surface area contributed by atoms with E-state index in [2.05, 4.69) is 4.98 Å². The highest BCUT2D eigenvalue weighted by Crippen LogP contribution is 2.31. The minimum atomic E-state index is -1.39. The molecule has 0 fully saturated rings. The van der Waals surface area contributed by atoms with Gasteiger partial charge in [0.05, 0.1) is 11.0 Å². The number of hydrogen-bond acceptors (Lipinski definition) is 3. The Morgan fingerprint density at radius 3 is 1.83 bits per heavy atom. The first-order chi connectivity index (χ1) is 8.57. The number of aliphatic hydroxyl groups is 1. The Kier molecular flexibility index (Phi) is 2.33. The van der Waals surface area contributed by atoms with Gasteiger partial charge in [0.15, 0.2) is 0 Å². The van der Waals surface area contributed by atoms with Crippen LogP contribution < -0.4 is 5.73 Å². The lowest BCUT2D eigenvalue weighted by Crippen LogP contribution is -2.32. The second kappa shape index (κ2) is 3.77. The number of fused-ring (bicyclic) bond motifs is 2. The summed E-state index contributed by atoms with van der Waals surface area (Å²) < 4.78 is 0. The van der Waals surface area contributed by atoms with Crippen molar-refractivity contribution in [3.05, 3.63) is 54.1 Å². The third-order valence-corrected chi connectivity index (χ3v) is 3.09. The van der Waals surface area contributed by atoms with Crippen molar-refractivity contribution in [3.8, 4) is 0 Å². The molecule has 0 aliphatic carbocycles. The van der Waals surface area contributed by atoms with Crippen LogP contribution in [0.1, 0.15) is 12.5 Å². The first-order valence-electron chi connectivity index (χ1n) is 5.86. The fraction of sp³-hybridized carbons (Fsp3) is 0.133. The van der Waals surface area contributed by atoms with Gasteiger partial charge in [0.2, 0.25) is 0 Å². The molecule has 0 aliphatic heterocycles. The fourth-order valence-electron chi connectivity index (χ4n) is 2.39. The molecular weight excluding hydrogens is 224 g/mol. The molecule has 3 rings (SSSR count). The standard InChI is InChI=1S/C15H14N2O/c1-15(16,18)14-10-6-2-4-8-12(10)17-13-9-5-3-7-11(13)14/h2-9,18H,16H2,1H3. The molecule has 3 nitrogen and oxygen atoms in total. The van der Waals surface area contributed by atoms with Crippen LogP contribution in [0.5, 0.6) is 0 Å². The molecule has 0 bridgehead atoms. The molecule has 0 radical (unpaired) electrons. The minimum absolute atomic E-state index is 0.726. The van der Waals surface area contributed by atoms with Gasteiger partial charge in [-0.25, -0.2) is 4.98 Å². The van der Waals surface area contributed by atoms with Crippen molar-refractivity contribution in [1.82, 2.24) is 4.98 Å². The summed E-state index contributed by atoms with van der Waals surface area (Å²) in [6.45, 7) is 1.60. The molecule has 18 heavy (non-hydrogen) atoms. The average molecular weight is 238 g/mol. The monoisotopic (exact) mass is 238 g/mol. The molecule has 1 heterocycles. The number of aromatic nitrogens is 1. The number of benzene rings is 2. The summed E-state index contributed by atoms with van der Waals surface area (Å²) in [4.78, 5) is 4.59. The van der Waals surface area contributed by atoms with Crippen molar-refractivity contribution in [2.45, 2.75) is 12.6 Å². The third kappa shape index (κ3) is 1.65. The number of para-hydroxylation sites is 2. The Morgan fingerprint density at radius 2 is 1.39 bits per heavy atom. The van der Waals surface area contributed by atoms with Crippen LogP contribution in [0.3, 0.4) is 0 Å². The van der Waals surface area contributed by atoms with Gasteiger partial charge in [-0.1, -0.05) is 36.4 Å². The molecule has 0 amide bonds. The highest BCUT2D eigenvalue weighted by atomic mass is 16.3. The zero-order valence-electron chi connectivity index (χ0n) is 10.1. The average Bonchev–Trinajstić information content (AvgIpc) is 2.34. The normalized spacial score (nSPS) is 14.8. The van der Waals surface area contributed by atoms with Crippen molar-refractivity contribution >= 4 is 21.8 Å². The summed E-state index contributed by atoms with van der Waals surface area (Å²) in [6.07, 6.45) is 0. The lowest BCUT2D eigenvalue weighted by Gasteiger charge is -2.22. The van der Waals surface area contributed by atoms with E-state index in [9.17, 15) is 5.11 Å². The Bertz CT molecular complexity index is 675. The zero-order valence-corrected chi connectivity index (χ0v) is 10.1. The van der Waals surface area contributed by atoms with Crippen molar-refractivity contribution in [2.24, 2.45) is 5.73 Å².